The molecule has 3 aliphatic heterocycles. The van der Waals surface area contributed by atoms with Gasteiger partial charge in [0.05, 0.1) is 35.2 Å². The van der Waals surface area contributed by atoms with E-state index in [1.807, 2.05) is 18.3 Å². The molecule has 0 bridgehead atoms. The minimum Gasteiger partial charge on any atom is -0.381 e. The number of aromatic nitrogens is 4. The summed E-state index contributed by atoms with van der Waals surface area (Å²) < 4.78 is 7.62. The molecule has 6 heterocycles. The Morgan fingerprint density at radius 2 is 1.75 bits per heavy atom. The molecule has 1 saturated carbocycles. The average molecular weight is 822 g/mol. The molecule has 59 heavy (non-hydrogen) atoms. The molecule has 8 rings (SSSR count). The average Bonchev–Trinajstić information content (AvgIpc) is 3.84. The summed E-state index contributed by atoms with van der Waals surface area (Å²) in [5.41, 5.74) is 2.68. The van der Waals surface area contributed by atoms with Crippen LogP contribution < -0.4 is 21.1 Å². The second-order valence-corrected chi connectivity index (χ2v) is 16.5. The number of hydrogen-bond acceptors (Lipinski definition) is 14. The number of anilines is 3. The number of Topliss-reactive ketones (excluding diaryl/α,β-unsaturated/α-hetero) is 1. The first-order chi connectivity index (χ1) is 28.6. The molecule has 308 valence electrons. The van der Waals surface area contributed by atoms with Gasteiger partial charge in [0.2, 0.25) is 17.8 Å². The number of fused-ring (bicyclic) bond motifs is 2. The number of hydrogen-bond donors (Lipinski definition) is 2. The van der Waals surface area contributed by atoms with E-state index >= 15 is 0 Å². The molecule has 2 N–H and O–H groups in total. The first-order valence-electron chi connectivity index (χ1n) is 20.3. The van der Waals surface area contributed by atoms with Crippen LogP contribution in [0.1, 0.15) is 94.5 Å². The smallest absolute Gasteiger partial charge is 0.263 e. The van der Waals surface area contributed by atoms with Crippen molar-refractivity contribution in [1.29, 1.82) is 0 Å². The van der Waals surface area contributed by atoms with Crippen LogP contribution in [0.3, 0.4) is 0 Å². The second kappa shape index (κ2) is 17.4. The lowest BCUT2D eigenvalue weighted by Gasteiger charge is -2.36. The molecule has 3 fully saturated rings. The molecular formula is C42H47N9O7S. The summed E-state index contributed by atoms with van der Waals surface area (Å²) in [6, 6.07) is 8.08. The second-order valence-electron chi connectivity index (χ2n) is 15.4. The number of benzene rings is 1. The number of ketones is 1. The van der Waals surface area contributed by atoms with Gasteiger partial charge in [0, 0.05) is 74.0 Å². The molecule has 0 spiro atoms. The summed E-state index contributed by atoms with van der Waals surface area (Å²) in [4.78, 5) is 96.8. The third kappa shape index (κ3) is 8.23. The van der Waals surface area contributed by atoms with Crippen molar-refractivity contribution in [2.75, 3.05) is 61.9 Å². The largest absolute Gasteiger partial charge is 0.381 e. The number of nitrogens with zero attached hydrogens (tertiary/aromatic N) is 7. The van der Waals surface area contributed by atoms with Crippen molar-refractivity contribution in [2.24, 2.45) is 0 Å². The molecule has 1 unspecified atom stereocenters. The highest BCUT2D eigenvalue weighted by atomic mass is 32.2. The number of ether oxygens (including phenoxy) is 1. The normalized spacial score (nSPS) is 18.8. The maximum Gasteiger partial charge on any atom is 0.263 e. The van der Waals surface area contributed by atoms with Crippen LogP contribution in [0.4, 0.5) is 17.5 Å². The van der Waals surface area contributed by atoms with Gasteiger partial charge in [0.1, 0.15) is 17.5 Å². The quantitative estimate of drug-likeness (QED) is 0.0794. The zero-order chi connectivity index (χ0) is 41.2. The predicted molar refractivity (Wildman–Crippen MR) is 221 cm³/mol. The van der Waals surface area contributed by atoms with Crippen molar-refractivity contribution in [3.8, 4) is 0 Å². The van der Waals surface area contributed by atoms with E-state index in [1.165, 1.54) is 18.7 Å². The highest BCUT2D eigenvalue weighted by Crippen LogP contribution is 2.35. The molecule has 1 aromatic carbocycles. The van der Waals surface area contributed by atoms with E-state index in [0.29, 0.717) is 57.8 Å². The third-order valence-corrected chi connectivity index (χ3v) is 12.7. The van der Waals surface area contributed by atoms with Gasteiger partial charge in [-0.1, -0.05) is 18.9 Å². The number of piperazine rings is 1. The monoisotopic (exact) mass is 821 g/mol. The number of piperidine rings is 1. The van der Waals surface area contributed by atoms with E-state index in [2.05, 4.69) is 30.4 Å². The van der Waals surface area contributed by atoms with Crippen LogP contribution in [0.25, 0.3) is 11.0 Å². The predicted octanol–water partition coefficient (Wildman–Crippen LogP) is 4.28. The van der Waals surface area contributed by atoms with E-state index in [-0.39, 0.29) is 41.4 Å². The van der Waals surface area contributed by atoms with Crippen LogP contribution in [0.5, 0.6) is 0 Å². The van der Waals surface area contributed by atoms with Crippen LogP contribution in [0, 0.1) is 6.92 Å². The Bertz CT molecular complexity index is 2370. The van der Waals surface area contributed by atoms with Gasteiger partial charge < -0.3 is 15.0 Å². The minimum absolute atomic E-state index is 0.00417. The molecule has 16 nitrogen and oxygen atoms in total. The highest BCUT2D eigenvalue weighted by molar-refractivity contribution is 7.99. The van der Waals surface area contributed by atoms with E-state index in [4.69, 9.17) is 9.72 Å². The Balaban J connectivity index is 0.775. The molecule has 17 heteroatoms. The maximum absolute atomic E-state index is 13.6. The Kier molecular flexibility index (Phi) is 11.9. The Labute approximate surface area is 345 Å². The summed E-state index contributed by atoms with van der Waals surface area (Å²) in [7, 11) is 0. The summed E-state index contributed by atoms with van der Waals surface area (Å²) in [6.45, 7) is 8.77. The maximum atomic E-state index is 13.6. The van der Waals surface area contributed by atoms with Crippen LogP contribution in [-0.2, 0) is 14.3 Å². The van der Waals surface area contributed by atoms with Crippen LogP contribution in [-0.4, -0.2) is 116 Å². The Hall–Kier alpha value is -5.52. The Morgan fingerprint density at radius 1 is 0.949 bits per heavy atom. The fourth-order valence-electron chi connectivity index (χ4n) is 8.61. The molecule has 1 atom stereocenters. The van der Waals surface area contributed by atoms with Gasteiger partial charge in [0.15, 0.2) is 5.78 Å². The molecule has 4 amide bonds. The SMILES string of the molecule is CC(=O)c1c(C)c2cnc(Nc3ccc(N4CCN(CCCOCCSc5cccc6c5C(=O)N(C5CCC(=O)NC5=O)C6=O)CC4)cn3)nc2n(C2CCCC2)c1=O. The number of pyridine rings is 2. The molecule has 0 radical (unpaired) electrons. The molecular weight excluding hydrogens is 775 g/mol. The summed E-state index contributed by atoms with van der Waals surface area (Å²) >= 11 is 1.44. The van der Waals surface area contributed by atoms with E-state index in [9.17, 15) is 28.8 Å². The van der Waals surface area contributed by atoms with Crippen molar-refractivity contribution >= 4 is 69.7 Å². The number of carbonyl (C=O) groups excluding carboxylic acids is 5. The van der Waals surface area contributed by atoms with Gasteiger partial charge in [-0.15, -0.1) is 11.8 Å². The van der Waals surface area contributed by atoms with Gasteiger partial charge in [-0.3, -0.25) is 48.5 Å². The molecule has 4 aliphatic rings. The first-order valence-corrected chi connectivity index (χ1v) is 21.3. The zero-order valence-corrected chi connectivity index (χ0v) is 34.0. The van der Waals surface area contributed by atoms with E-state index < -0.39 is 29.7 Å². The van der Waals surface area contributed by atoms with E-state index in [0.717, 1.165) is 75.4 Å². The lowest BCUT2D eigenvalue weighted by molar-refractivity contribution is -0.136. The molecule has 4 aromatic rings. The van der Waals surface area contributed by atoms with Gasteiger partial charge in [-0.05, 0) is 69.4 Å². The lowest BCUT2D eigenvalue weighted by Crippen LogP contribution is -2.54. The number of thioether (sulfide) groups is 1. The van der Waals surface area contributed by atoms with Crippen molar-refractivity contribution < 1.29 is 28.7 Å². The van der Waals surface area contributed by atoms with Crippen molar-refractivity contribution in [2.45, 2.75) is 75.8 Å². The molecule has 1 aliphatic carbocycles. The van der Waals surface area contributed by atoms with Crippen LogP contribution in [0.2, 0.25) is 0 Å². The van der Waals surface area contributed by atoms with Crippen LogP contribution >= 0.6 is 11.8 Å². The number of rotatable bonds is 14. The van der Waals surface area contributed by atoms with Crippen LogP contribution in [0.15, 0.2) is 52.4 Å². The summed E-state index contributed by atoms with van der Waals surface area (Å²) in [6.07, 6.45) is 8.43. The summed E-state index contributed by atoms with van der Waals surface area (Å²) in [5, 5.41) is 6.13. The van der Waals surface area contributed by atoms with Gasteiger partial charge in [0.25, 0.3) is 17.4 Å². The molecule has 3 aromatic heterocycles. The number of nitrogens with one attached hydrogen (secondary N) is 2. The fourth-order valence-corrected chi connectivity index (χ4v) is 9.54. The number of amides is 4. The number of aryl methyl sites for hydroxylation is 1. The first kappa shape index (κ1) is 40.3. The topological polar surface area (TPSA) is 189 Å². The number of imide groups is 2. The zero-order valence-electron chi connectivity index (χ0n) is 33.2. The van der Waals surface area contributed by atoms with Gasteiger partial charge in [-0.25, -0.2) is 9.97 Å². The third-order valence-electron chi connectivity index (χ3n) is 11.7. The van der Waals surface area contributed by atoms with E-state index in [1.54, 1.807) is 35.9 Å². The lowest BCUT2D eigenvalue weighted by atomic mass is 10.0. The van der Waals surface area contributed by atoms with Crippen molar-refractivity contribution in [3.05, 3.63) is 75.3 Å². The van der Waals surface area contributed by atoms with Gasteiger partial charge in [-0.2, -0.15) is 4.98 Å². The molecule has 2 saturated heterocycles. The van der Waals surface area contributed by atoms with Crippen molar-refractivity contribution in [3.63, 3.8) is 0 Å². The highest BCUT2D eigenvalue weighted by Gasteiger charge is 2.45. The number of carbonyl (C=O) groups is 5. The fraction of sp³-hybridized carbons (Fsp3) is 0.452. The minimum atomic E-state index is -0.990. The summed E-state index contributed by atoms with van der Waals surface area (Å²) in [5.74, 6) is -0.765. The van der Waals surface area contributed by atoms with Gasteiger partial charge >= 0.3 is 0 Å². The standard InChI is InChI=1S/C42H47N9O7S/c1-25-30-24-44-42(47-37(30)50(27-7-3-4-8-27)40(56)35(25)26(2)52)45-33-13-11-28(23-43-33)49-18-16-48(17-19-49)15-6-20-58-21-22-59-32-10-5-9-29-36(32)41(57)51(39(29)55)31-12-14-34(53)46-38(31)54/h5,9-11,13,23-24,27,31H,3-4,6-8,12,14-22H2,1-2H3,(H,46,53,54)(H,43,44,45,47). The Morgan fingerprint density at radius 3 is 2.47 bits per heavy atom. The van der Waals surface area contributed by atoms with Crippen molar-refractivity contribution in [1.82, 2.24) is 34.6 Å².